The molecule has 1 aliphatic rings. The van der Waals surface area contributed by atoms with Crippen LogP contribution in [-0.4, -0.2) is 43.2 Å². The second kappa shape index (κ2) is 4.80. The van der Waals surface area contributed by atoms with Crippen molar-refractivity contribution in [1.82, 2.24) is 5.32 Å². The molecule has 0 aliphatic carbocycles. The molecule has 1 heterocycles. The van der Waals surface area contributed by atoms with Gasteiger partial charge in [-0.05, 0) is 26.2 Å². The van der Waals surface area contributed by atoms with E-state index >= 15 is 0 Å². The van der Waals surface area contributed by atoms with Crippen LogP contribution in [0.15, 0.2) is 0 Å². The SMILES string of the molecule is CCC(C)NC1(CO)CCS(=O)(=O)CC1. The fourth-order valence-electron chi connectivity index (χ4n) is 1.90. The molecule has 0 saturated carbocycles. The molecule has 2 N–H and O–H groups in total. The summed E-state index contributed by atoms with van der Waals surface area (Å²) in [4.78, 5) is 0. The van der Waals surface area contributed by atoms with Crippen LogP contribution >= 0.6 is 0 Å². The third-order valence-corrected chi connectivity index (χ3v) is 4.90. The highest BCUT2D eigenvalue weighted by Gasteiger charge is 2.37. The zero-order valence-corrected chi connectivity index (χ0v) is 10.3. The van der Waals surface area contributed by atoms with Crippen LogP contribution in [-0.2, 0) is 9.84 Å². The molecule has 0 radical (unpaired) electrons. The molecule has 90 valence electrons. The molecular weight excluding hydrogens is 214 g/mol. The normalized spacial score (nSPS) is 26.1. The van der Waals surface area contributed by atoms with Crippen molar-refractivity contribution >= 4 is 9.84 Å². The molecule has 1 rings (SSSR count). The molecule has 0 aromatic rings. The van der Waals surface area contributed by atoms with Crippen LogP contribution in [0.1, 0.15) is 33.1 Å². The van der Waals surface area contributed by atoms with Gasteiger partial charge in [0.15, 0.2) is 0 Å². The van der Waals surface area contributed by atoms with Gasteiger partial charge in [-0.2, -0.15) is 0 Å². The summed E-state index contributed by atoms with van der Waals surface area (Å²) in [6, 6.07) is 0.318. The molecule has 0 spiro atoms. The van der Waals surface area contributed by atoms with Gasteiger partial charge in [0.1, 0.15) is 9.84 Å². The molecule has 0 aromatic carbocycles. The molecule has 0 bridgehead atoms. The first-order valence-corrected chi connectivity index (χ1v) is 7.34. The molecule has 1 unspecified atom stereocenters. The number of aliphatic hydroxyl groups excluding tert-OH is 1. The van der Waals surface area contributed by atoms with Gasteiger partial charge in [-0.3, -0.25) is 0 Å². The summed E-state index contributed by atoms with van der Waals surface area (Å²) in [6.07, 6.45) is 2.03. The maximum atomic E-state index is 11.3. The van der Waals surface area contributed by atoms with Gasteiger partial charge in [-0.25, -0.2) is 8.42 Å². The Labute approximate surface area is 92.0 Å². The lowest BCUT2D eigenvalue weighted by Gasteiger charge is -2.38. The van der Waals surface area contributed by atoms with E-state index in [-0.39, 0.29) is 23.7 Å². The standard InChI is InChI=1S/C10H21NO3S/c1-3-9(2)11-10(8-12)4-6-15(13,14)7-5-10/h9,11-12H,3-8H2,1-2H3. The molecule has 0 amide bonds. The number of hydrogen-bond acceptors (Lipinski definition) is 4. The van der Waals surface area contributed by atoms with E-state index in [1.54, 1.807) is 0 Å². The van der Waals surface area contributed by atoms with Gasteiger partial charge in [0.05, 0.1) is 18.1 Å². The lowest BCUT2D eigenvalue weighted by atomic mass is 9.92. The largest absolute Gasteiger partial charge is 0.394 e. The van der Waals surface area contributed by atoms with E-state index in [0.717, 1.165) is 6.42 Å². The van der Waals surface area contributed by atoms with Crippen molar-refractivity contribution in [3.05, 3.63) is 0 Å². The summed E-state index contributed by atoms with van der Waals surface area (Å²) in [5.74, 6) is 0.383. The third kappa shape index (κ3) is 3.43. The van der Waals surface area contributed by atoms with Gasteiger partial charge < -0.3 is 10.4 Å². The van der Waals surface area contributed by atoms with Gasteiger partial charge in [0, 0.05) is 11.6 Å². The third-order valence-electron chi connectivity index (χ3n) is 3.25. The van der Waals surface area contributed by atoms with Gasteiger partial charge in [0.2, 0.25) is 0 Å². The molecular formula is C10H21NO3S. The van der Waals surface area contributed by atoms with E-state index in [1.807, 2.05) is 0 Å². The lowest BCUT2D eigenvalue weighted by molar-refractivity contribution is 0.137. The second-order valence-electron chi connectivity index (χ2n) is 4.54. The monoisotopic (exact) mass is 235 g/mol. The van der Waals surface area contributed by atoms with E-state index in [4.69, 9.17) is 0 Å². The first-order chi connectivity index (χ1) is 6.93. The van der Waals surface area contributed by atoms with Crippen LogP contribution < -0.4 is 5.32 Å². The summed E-state index contributed by atoms with van der Waals surface area (Å²) in [6.45, 7) is 4.15. The number of rotatable bonds is 4. The van der Waals surface area contributed by atoms with Crippen LogP contribution in [0.4, 0.5) is 0 Å². The van der Waals surface area contributed by atoms with Crippen LogP contribution in [0.2, 0.25) is 0 Å². The van der Waals surface area contributed by atoms with Gasteiger partial charge in [0.25, 0.3) is 0 Å². The Bertz CT molecular complexity index is 286. The molecule has 1 fully saturated rings. The number of sulfone groups is 1. The van der Waals surface area contributed by atoms with Crippen molar-refractivity contribution in [3.8, 4) is 0 Å². The van der Waals surface area contributed by atoms with Crippen molar-refractivity contribution in [3.63, 3.8) is 0 Å². The fraction of sp³-hybridized carbons (Fsp3) is 1.00. The predicted molar refractivity (Wildman–Crippen MR) is 60.6 cm³/mol. The van der Waals surface area contributed by atoms with E-state index in [0.29, 0.717) is 18.9 Å². The predicted octanol–water partition coefficient (Wildman–Crippen LogP) is 0.314. The fourth-order valence-corrected chi connectivity index (χ4v) is 3.51. The van der Waals surface area contributed by atoms with Crippen LogP contribution in [0.3, 0.4) is 0 Å². The van der Waals surface area contributed by atoms with E-state index < -0.39 is 9.84 Å². The van der Waals surface area contributed by atoms with Gasteiger partial charge in [-0.1, -0.05) is 6.92 Å². The zero-order chi connectivity index (χ0) is 11.5. The molecule has 15 heavy (non-hydrogen) atoms. The van der Waals surface area contributed by atoms with E-state index in [9.17, 15) is 13.5 Å². The lowest BCUT2D eigenvalue weighted by Crippen LogP contribution is -2.56. The van der Waals surface area contributed by atoms with Crippen LogP contribution in [0.25, 0.3) is 0 Å². The maximum Gasteiger partial charge on any atom is 0.150 e. The number of nitrogens with one attached hydrogen (secondary N) is 1. The van der Waals surface area contributed by atoms with Gasteiger partial charge >= 0.3 is 0 Å². The minimum atomic E-state index is -2.86. The highest BCUT2D eigenvalue weighted by atomic mass is 32.2. The number of aliphatic hydroxyl groups is 1. The first-order valence-electron chi connectivity index (χ1n) is 5.52. The Balaban J connectivity index is 2.64. The van der Waals surface area contributed by atoms with Crippen molar-refractivity contribution in [2.45, 2.75) is 44.7 Å². The highest BCUT2D eigenvalue weighted by molar-refractivity contribution is 7.91. The highest BCUT2D eigenvalue weighted by Crippen LogP contribution is 2.24. The molecule has 5 heteroatoms. The van der Waals surface area contributed by atoms with Crippen LogP contribution in [0.5, 0.6) is 0 Å². The van der Waals surface area contributed by atoms with Crippen molar-refractivity contribution < 1.29 is 13.5 Å². The Hall–Kier alpha value is -0.130. The summed E-state index contributed by atoms with van der Waals surface area (Å²) in [7, 11) is -2.86. The summed E-state index contributed by atoms with van der Waals surface area (Å²) < 4.78 is 22.6. The number of hydrogen-bond donors (Lipinski definition) is 2. The summed E-state index contributed by atoms with van der Waals surface area (Å²) in [5.41, 5.74) is -0.374. The zero-order valence-electron chi connectivity index (χ0n) is 9.49. The molecule has 0 aromatic heterocycles. The van der Waals surface area contributed by atoms with Gasteiger partial charge in [-0.15, -0.1) is 0 Å². The smallest absolute Gasteiger partial charge is 0.150 e. The first kappa shape index (κ1) is 12.9. The van der Waals surface area contributed by atoms with E-state index in [1.165, 1.54) is 0 Å². The van der Waals surface area contributed by atoms with Crippen molar-refractivity contribution in [2.75, 3.05) is 18.1 Å². The Kier molecular flexibility index (Phi) is 4.14. The molecule has 1 atom stereocenters. The van der Waals surface area contributed by atoms with Crippen LogP contribution in [0, 0.1) is 0 Å². The molecule has 1 saturated heterocycles. The van der Waals surface area contributed by atoms with Crippen molar-refractivity contribution in [1.29, 1.82) is 0 Å². The average molecular weight is 235 g/mol. The maximum absolute atomic E-state index is 11.3. The quantitative estimate of drug-likeness (QED) is 0.736. The Morgan fingerprint density at radius 3 is 2.33 bits per heavy atom. The van der Waals surface area contributed by atoms with E-state index in [2.05, 4.69) is 19.2 Å². The topological polar surface area (TPSA) is 66.4 Å². The Morgan fingerprint density at radius 1 is 1.40 bits per heavy atom. The average Bonchev–Trinajstić information content (AvgIpc) is 2.22. The summed E-state index contributed by atoms with van der Waals surface area (Å²) >= 11 is 0. The summed E-state index contributed by atoms with van der Waals surface area (Å²) in [5, 5.41) is 12.8. The minimum Gasteiger partial charge on any atom is -0.394 e. The Morgan fingerprint density at radius 2 is 1.93 bits per heavy atom. The minimum absolute atomic E-state index is 0.0207. The molecule has 1 aliphatic heterocycles. The van der Waals surface area contributed by atoms with Crippen molar-refractivity contribution in [2.24, 2.45) is 0 Å². The molecule has 4 nitrogen and oxygen atoms in total. The second-order valence-corrected chi connectivity index (χ2v) is 6.85.